The van der Waals surface area contributed by atoms with E-state index in [1.165, 1.54) is 19.2 Å². The molecule has 0 radical (unpaired) electrons. The van der Waals surface area contributed by atoms with E-state index in [0.717, 1.165) is 0 Å². The summed E-state index contributed by atoms with van der Waals surface area (Å²) in [6.07, 6.45) is 0. The molecule has 68 valence electrons. The molecule has 0 aliphatic rings. The third-order valence-corrected chi connectivity index (χ3v) is 1.28. The van der Waals surface area contributed by atoms with E-state index in [-0.39, 0.29) is 5.69 Å². The molecule has 1 aromatic rings. The summed E-state index contributed by atoms with van der Waals surface area (Å²) in [7, 11) is 1.52. The van der Waals surface area contributed by atoms with Crippen LogP contribution in [-0.4, -0.2) is 12.0 Å². The molecular weight excluding hydrogens is 174 g/mol. The van der Waals surface area contributed by atoms with Crippen molar-refractivity contribution in [3.05, 3.63) is 34.4 Å². The lowest BCUT2D eigenvalue weighted by atomic mass is 10.3. The van der Waals surface area contributed by atoms with Crippen molar-refractivity contribution < 1.29 is 15.1 Å². The lowest BCUT2D eigenvalue weighted by Crippen LogP contribution is -2.11. The summed E-state index contributed by atoms with van der Waals surface area (Å²) in [5.41, 5.74) is 0.0748. The Bertz CT molecular complexity index is 294. The van der Waals surface area contributed by atoms with Gasteiger partial charge in [-0.25, -0.2) is 0 Å². The predicted molar refractivity (Wildman–Crippen MR) is 42.3 cm³/mol. The van der Waals surface area contributed by atoms with Crippen LogP contribution >= 0.6 is 0 Å². The quantitative estimate of drug-likeness (QED) is 0.391. The number of non-ortho nitro benzene ring substituents is 1. The van der Waals surface area contributed by atoms with E-state index >= 15 is 0 Å². The molecule has 6 heteroatoms. The summed E-state index contributed by atoms with van der Waals surface area (Å²) >= 11 is 0. The van der Waals surface area contributed by atoms with Crippen molar-refractivity contribution in [2.24, 2.45) is 0 Å². The average molecular weight is 182 g/mol. The van der Waals surface area contributed by atoms with Crippen molar-refractivity contribution >= 4 is 5.69 Å². The third-order valence-electron chi connectivity index (χ3n) is 1.28. The first-order chi connectivity index (χ1) is 6.24. The Labute approximate surface area is 74.3 Å². The SMILES string of the molecule is COc1ccc([N+](=O)[O-])cc1.N#[NH+]. The standard InChI is InChI=1S/C7H7NO3.N2/c1-11-7-4-2-6(3-5-7)8(9)10;1-2/h2-5H,1H3;/p+1. The number of methoxy groups -OCH3 is 1. The van der Waals surface area contributed by atoms with Gasteiger partial charge in [0, 0.05) is 12.1 Å². The molecular formula is C7H8N3O3+. The molecule has 0 amide bonds. The number of ether oxygens (including phenoxy) is 1. The summed E-state index contributed by atoms with van der Waals surface area (Å²) in [6.45, 7) is 0. The maximum absolute atomic E-state index is 10.2. The summed E-state index contributed by atoms with van der Waals surface area (Å²) in [5.74, 6) is 0.621. The highest BCUT2D eigenvalue weighted by atomic mass is 16.6. The van der Waals surface area contributed by atoms with Crippen molar-refractivity contribution in [3.63, 3.8) is 0 Å². The monoisotopic (exact) mass is 182 g/mol. The molecule has 1 rings (SSSR count). The largest absolute Gasteiger partial charge is 0.497 e. The van der Waals surface area contributed by atoms with Gasteiger partial charge in [-0.05, 0) is 12.1 Å². The van der Waals surface area contributed by atoms with Crippen molar-refractivity contribution in [2.75, 3.05) is 7.11 Å². The smallest absolute Gasteiger partial charge is 0.269 e. The summed E-state index contributed by atoms with van der Waals surface area (Å²) in [6, 6.07) is 5.91. The molecule has 13 heavy (non-hydrogen) atoms. The van der Waals surface area contributed by atoms with E-state index in [0.29, 0.717) is 5.75 Å². The third kappa shape index (κ3) is 3.16. The van der Waals surface area contributed by atoms with Gasteiger partial charge in [0.25, 0.3) is 5.69 Å². The lowest BCUT2D eigenvalue weighted by Gasteiger charge is -1.96. The second-order valence-corrected chi connectivity index (χ2v) is 1.96. The molecule has 1 N–H and O–H groups in total. The molecule has 6 nitrogen and oxygen atoms in total. The normalized spacial score (nSPS) is 7.92. The van der Waals surface area contributed by atoms with Crippen LogP contribution in [0.15, 0.2) is 24.3 Å². The Morgan fingerprint density at radius 1 is 1.38 bits per heavy atom. The topological polar surface area (TPSA) is 100.0 Å². The Morgan fingerprint density at radius 2 is 1.85 bits per heavy atom. The first kappa shape index (κ1) is 10.8. The fourth-order valence-electron chi connectivity index (χ4n) is 0.704. The van der Waals surface area contributed by atoms with Gasteiger partial charge in [-0.2, -0.15) is 0 Å². The van der Waals surface area contributed by atoms with Crippen LogP contribution < -0.4 is 10.1 Å². The zero-order chi connectivity index (χ0) is 10.3. The van der Waals surface area contributed by atoms with Crippen LogP contribution in [0.25, 0.3) is 0 Å². The van der Waals surface area contributed by atoms with Gasteiger partial charge >= 0.3 is 0 Å². The summed E-state index contributed by atoms with van der Waals surface area (Å²) in [4.78, 5) is 9.72. The van der Waals surface area contributed by atoms with E-state index < -0.39 is 4.92 Å². The molecule has 0 spiro atoms. The molecule has 0 saturated heterocycles. The maximum Gasteiger partial charge on any atom is 0.269 e. The second kappa shape index (κ2) is 5.49. The lowest BCUT2D eigenvalue weighted by molar-refractivity contribution is -0.384. The molecule has 0 aliphatic heterocycles. The number of nitrogens with zero attached hydrogens (tertiary/aromatic N) is 2. The van der Waals surface area contributed by atoms with Crippen LogP contribution in [0.4, 0.5) is 5.69 Å². The summed E-state index contributed by atoms with van der Waals surface area (Å²) in [5, 5.41) is 21.2. The van der Waals surface area contributed by atoms with Crippen LogP contribution in [-0.2, 0) is 0 Å². The average Bonchev–Trinajstić information content (AvgIpc) is 2.21. The van der Waals surface area contributed by atoms with Gasteiger partial charge in [-0.15, -0.1) is 0 Å². The molecule has 0 fully saturated rings. The number of rotatable bonds is 2. The van der Waals surface area contributed by atoms with E-state index in [1.54, 1.807) is 12.1 Å². The summed E-state index contributed by atoms with van der Waals surface area (Å²) < 4.78 is 4.83. The number of nitro benzene ring substituents is 1. The molecule has 0 atom stereocenters. The Balaban J connectivity index is 0.000000671. The number of hydrogen-bond acceptors (Lipinski definition) is 4. The highest BCUT2D eigenvalue weighted by Gasteiger charge is 2.02. The molecule has 0 aromatic heterocycles. The van der Waals surface area contributed by atoms with Gasteiger partial charge < -0.3 is 4.74 Å². The minimum Gasteiger partial charge on any atom is -0.497 e. The van der Waals surface area contributed by atoms with Gasteiger partial charge in [0.05, 0.1) is 17.4 Å². The molecule has 0 heterocycles. The van der Waals surface area contributed by atoms with E-state index in [4.69, 9.17) is 15.5 Å². The zero-order valence-electron chi connectivity index (χ0n) is 6.93. The van der Waals surface area contributed by atoms with Gasteiger partial charge in [-0.1, -0.05) is 0 Å². The van der Waals surface area contributed by atoms with Crippen molar-refractivity contribution in [2.45, 2.75) is 0 Å². The second-order valence-electron chi connectivity index (χ2n) is 1.96. The van der Waals surface area contributed by atoms with E-state index in [1.807, 2.05) is 0 Å². The number of nitrogens with one attached hydrogen (secondary N) is 1. The van der Waals surface area contributed by atoms with Crippen LogP contribution in [0, 0.1) is 15.5 Å². The highest BCUT2D eigenvalue weighted by molar-refractivity contribution is 5.35. The fraction of sp³-hybridized carbons (Fsp3) is 0.143. The molecule has 0 unspecified atom stereocenters. The number of hydrogen-bond donors (Lipinski definition) is 1. The van der Waals surface area contributed by atoms with Gasteiger partial charge in [-0.3, -0.25) is 10.1 Å². The Hall–Kier alpha value is -2.16. The van der Waals surface area contributed by atoms with E-state index in [9.17, 15) is 10.1 Å². The fourth-order valence-corrected chi connectivity index (χ4v) is 0.704. The Kier molecular flexibility index (Phi) is 4.57. The van der Waals surface area contributed by atoms with Crippen LogP contribution in [0.5, 0.6) is 5.75 Å². The maximum atomic E-state index is 10.2. The van der Waals surface area contributed by atoms with Crippen LogP contribution in [0.1, 0.15) is 0 Å². The van der Waals surface area contributed by atoms with Crippen molar-refractivity contribution in [3.8, 4) is 5.75 Å². The minimum atomic E-state index is -0.445. The first-order valence-electron chi connectivity index (χ1n) is 3.25. The van der Waals surface area contributed by atoms with Gasteiger partial charge in [0.15, 0.2) is 0 Å². The molecule has 0 bridgehead atoms. The molecule has 1 aromatic carbocycles. The van der Waals surface area contributed by atoms with Crippen LogP contribution in [0.2, 0.25) is 0 Å². The first-order valence-corrected chi connectivity index (χ1v) is 3.25. The predicted octanol–water partition coefficient (Wildman–Crippen LogP) is -0.117. The van der Waals surface area contributed by atoms with Gasteiger partial charge in [0.1, 0.15) is 5.75 Å². The highest BCUT2D eigenvalue weighted by Crippen LogP contribution is 2.16. The van der Waals surface area contributed by atoms with Crippen LogP contribution in [0.3, 0.4) is 0 Å². The van der Waals surface area contributed by atoms with Crippen molar-refractivity contribution in [1.29, 1.82) is 5.39 Å². The van der Waals surface area contributed by atoms with E-state index in [2.05, 4.69) is 0 Å². The molecule has 0 aliphatic carbocycles. The zero-order valence-corrected chi connectivity index (χ0v) is 6.93. The van der Waals surface area contributed by atoms with Crippen molar-refractivity contribution in [1.82, 2.24) is 0 Å². The molecule has 0 saturated carbocycles. The number of diazo groups is 1. The number of nitro groups is 1. The Morgan fingerprint density at radius 3 is 2.15 bits per heavy atom. The minimum absolute atomic E-state index is 0.0748. The number of benzene rings is 1. The van der Waals surface area contributed by atoms with Gasteiger partial charge in [0.2, 0.25) is 5.39 Å².